The van der Waals surface area contributed by atoms with Gasteiger partial charge in [-0.05, 0) is 13.8 Å². The first kappa shape index (κ1) is 13.2. The molecule has 0 unspecified atom stereocenters. The van der Waals surface area contributed by atoms with Gasteiger partial charge in [-0.3, -0.25) is 0 Å². The van der Waals surface area contributed by atoms with Crippen molar-refractivity contribution in [2.45, 2.75) is 13.8 Å². The van der Waals surface area contributed by atoms with Crippen molar-refractivity contribution in [3.63, 3.8) is 0 Å². The van der Waals surface area contributed by atoms with Gasteiger partial charge in [-0.1, -0.05) is 0 Å². The van der Waals surface area contributed by atoms with E-state index in [1.807, 2.05) is 0 Å². The first-order valence-corrected chi connectivity index (χ1v) is 6.54. The van der Waals surface area contributed by atoms with Crippen LogP contribution in [0.4, 0.5) is 0 Å². The van der Waals surface area contributed by atoms with Crippen LogP contribution in [0.1, 0.15) is 13.8 Å². The molecule has 4 nitrogen and oxygen atoms in total. The van der Waals surface area contributed by atoms with E-state index in [4.69, 9.17) is 15.3 Å². The van der Waals surface area contributed by atoms with E-state index in [1.54, 1.807) is 0 Å². The van der Waals surface area contributed by atoms with Gasteiger partial charge in [0.25, 0.3) is 0 Å². The lowest BCUT2D eigenvalue weighted by Gasteiger charge is -2.11. The molecule has 0 rings (SSSR count). The SMILES string of the molecule is CC[P+](C)(C)CC.O=[N+]([O-])[O-]. The van der Waals surface area contributed by atoms with E-state index in [1.165, 1.54) is 12.3 Å². The topological polar surface area (TPSA) is 66.2 Å². The summed E-state index contributed by atoms with van der Waals surface area (Å²) < 4.78 is 0. The standard InChI is InChI=1S/C6H16P.NO3/c1-5-7(3,4)6-2;2-1(3)4/h5-6H2,1-4H3;/q+1;-1. The molecule has 0 saturated carbocycles. The lowest BCUT2D eigenvalue weighted by molar-refractivity contribution is -0.402. The second-order valence-electron chi connectivity index (χ2n) is 2.79. The molecule has 0 aliphatic carbocycles. The van der Waals surface area contributed by atoms with Crippen LogP contribution >= 0.6 is 7.26 Å². The quantitative estimate of drug-likeness (QED) is 0.372. The van der Waals surface area contributed by atoms with Crippen molar-refractivity contribution in [3.8, 4) is 0 Å². The van der Waals surface area contributed by atoms with Crippen LogP contribution < -0.4 is 0 Å². The lowest BCUT2D eigenvalue weighted by Crippen LogP contribution is -1.92. The molecule has 5 heteroatoms. The highest BCUT2D eigenvalue weighted by molar-refractivity contribution is 7.74. The average molecular weight is 181 g/mol. The van der Waals surface area contributed by atoms with Crippen LogP contribution in [0.2, 0.25) is 0 Å². The molecule has 0 heterocycles. The molecule has 0 aliphatic rings. The van der Waals surface area contributed by atoms with E-state index in [0.29, 0.717) is 0 Å². The predicted molar refractivity (Wildman–Crippen MR) is 50.2 cm³/mol. The summed E-state index contributed by atoms with van der Waals surface area (Å²) in [7, 11) is -0.404. The van der Waals surface area contributed by atoms with Crippen molar-refractivity contribution in [2.24, 2.45) is 0 Å². The normalized spacial score (nSPS) is 9.82. The van der Waals surface area contributed by atoms with Crippen molar-refractivity contribution in [2.75, 3.05) is 25.7 Å². The molecule has 68 valence electrons. The van der Waals surface area contributed by atoms with Crippen LogP contribution in [-0.2, 0) is 0 Å². The van der Waals surface area contributed by atoms with Gasteiger partial charge in [0.15, 0.2) is 0 Å². The Labute approximate surface area is 68.1 Å². The zero-order valence-electron chi connectivity index (χ0n) is 7.53. The molecule has 11 heavy (non-hydrogen) atoms. The molecular formula is C6H16NO3P. The maximum absolute atomic E-state index is 8.25. The van der Waals surface area contributed by atoms with Crippen LogP contribution in [0.3, 0.4) is 0 Å². The first-order chi connectivity index (χ1) is 4.85. The van der Waals surface area contributed by atoms with Crippen molar-refractivity contribution in [3.05, 3.63) is 15.3 Å². The predicted octanol–water partition coefficient (Wildman–Crippen LogP) is 2.06. The maximum Gasteiger partial charge on any atom is 0.0689 e. The summed E-state index contributed by atoms with van der Waals surface area (Å²) in [6.07, 6.45) is 2.81. The van der Waals surface area contributed by atoms with Crippen LogP contribution in [0.5, 0.6) is 0 Å². The van der Waals surface area contributed by atoms with Gasteiger partial charge in [0.05, 0.1) is 17.4 Å². The fraction of sp³-hybridized carbons (Fsp3) is 1.00. The van der Waals surface area contributed by atoms with Crippen molar-refractivity contribution in [1.29, 1.82) is 0 Å². The van der Waals surface area contributed by atoms with Gasteiger partial charge in [-0.2, -0.15) is 0 Å². The second kappa shape index (κ2) is 6.35. The molecule has 0 bridgehead atoms. The Bertz CT molecular complexity index is 106. The van der Waals surface area contributed by atoms with Gasteiger partial charge in [0.1, 0.15) is 0 Å². The van der Waals surface area contributed by atoms with Crippen LogP contribution in [-0.4, -0.2) is 30.7 Å². The highest BCUT2D eigenvalue weighted by Crippen LogP contribution is 2.49. The molecule has 0 aromatic heterocycles. The zero-order chi connectivity index (χ0) is 9.49. The summed E-state index contributed by atoms with van der Waals surface area (Å²) in [5, 5.41) is 14.8. The van der Waals surface area contributed by atoms with Crippen LogP contribution in [0.15, 0.2) is 0 Å². The van der Waals surface area contributed by atoms with Gasteiger partial charge in [0, 0.05) is 20.6 Å². The van der Waals surface area contributed by atoms with E-state index in [2.05, 4.69) is 27.2 Å². The van der Waals surface area contributed by atoms with E-state index in [-0.39, 0.29) is 0 Å². The fourth-order valence-corrected chi connectivity index (χ4v) is 0.671. The van der Waals surface area contributed by atoms with Gasteiger partial charge in [-0.25, -0.2) is 0 Å². The summed E-state index contributed by atoms with van der Waals surface area (Å²) in [6, 6.07) is 0. The number of hydrogen-bond donors (Lipinski definition) is 0. The highest BCUT2D eigenvalue weighted by Gasteiger charge is 2.17. The molecule has 0 spiro atoms. The largest absolute Gasteiger partial charge is 0.356 e. The molecule has 0 saturated heterocycles. The minimum atomic E-state index is -1.75. The molecular weight excluding hydrogens is 165 g/mol. The van der Waals surface area contributed by atoms with E-state index >= 15 is 0 Å². The second-order valence-corrected chi connectivity index (χ2v) is 7.93. The summed E-state index contributed by atoms with van der Waals surface area (Å²) in [5.41, 5.74) is 0. The highest BCUT2D eigenvalue weighted by atomic mass is 31.2. The average Bonchev–Trinajstić information content (AvgIpc) is 1.87. The smallest absolute Gasteiger partial charge is 0.0689 e. The molecule has 0 atom stereocenters. The first-order valence-electron chi connectivity index (χ1n) is 3.49. The van der Waals surface area contributed by atoms with Crippen LogP contribution in [0, 0.1) is 15.3 Å². The van der Waals surface area contributed by atoms with Crippen molar-refractivity contribution < 1.29 is 5.09 Å². The minimum absolute atomic E-state index is 0.404. The van der Waals surface area contributed by atoms with Crippen molar-refractivity contribution in [1.82, 2.24) is 0 Å². The van der Waals surface area contributed by atoms with Crippen LogP contribution in [0.25, 0.3) is 0 Å². The molecule has 0 amide bonds. The maximum atomic E-state index is 8.25. The van der Waals surface area contributed by atoms with Gasteiger partial charge < -0.3 is 15.3 Å². The van der Waals surface area contributed by atoms with Gasteiger partial charge in [0.2, 0.25) is 0 Å². The van der Waals surface area contributed by atoms with Crippen molar-refractivity contribution >= 4 is 7.26 Å². The Balaban J connectivity index is 0. The Hall–Kier alpha value is -0.370. The third kappa shape index (κ3) is 17.7. The Kier molecular flexibility index (Phi) is 7.64. The van der Waals surface area contributed by atoms with E-state index < -0.39 is 12.3 Å². The zero-order valence-corrected chi connectivity index (χ0v) is 8.43. The third-order valence-electron chi connectivity index (χ3n) is 1.71. The van der Waals surface area contributed by atoms with Gasteiger partial charge >= 0.3 is 0 Å². The molecule has 0 aromatic rings. The number of hydrogen-bond acceptors (Lipinski definition) is 3. The Morgan fingerprint density at radius 3 is 1.36 bits per heavy atom. The summed E-state index contributed by atoms with van der Waals surface area (Å²) >= 11 is 0. The van der Waals surface area contributed by atoms with Gasteiger partial charge in [-0.15, -0.1) is 0 Å². The summed E-state index contributed by atoms with van der Waals surface area (Å²) in [5.74, 6) is 0. The van der Waals surface area contributed by atoms with E-state index in [0.717, 1.165) is 0 Å². The lowest BCUT2D eigenvalue weighted by atomic mass is 11.0. The Morgan fingerprint density at radius 1 is 1.18 bits per heavy atom. The molecule has 0 aromatic carbocycles. The molecule has 0 radical (unpaired) electrons. The molecule has 0 N–H and O–H groups in total. The monoisotopic (exact) mass is 181 g/mol. The summed E-state index contributed by atoms with van der Waals surface area (Å²) in [6.45, 7) is 9.40. The molecule has 0 fully saturated rings. The number of rotatable bonds is 2. The molecule has 0 aliphatic heterocycles. The third-order valence-corrected chi connectivity index (χ3v) is 5.14. The number of nitrogens with zero attached hydrogens (tertiary/aromatic N) is 1. The Morgan fingerprint density at radius 2 is 1.36 bits per heavy atom. The minimum Gasteiger partial charge on any atom is -0.356 e. The van der Waals surface area contributed by atoms with E-state index in [9.17, 15) is 0 Å². The fourth-order valence-electron chi connectivity index (χ4n) is 0.224. The summed E-state index contributed by atoms with van der Waals surface area (Å²) in [4.78, 5) is 8.25.